The number of hydrogen-bond donors (Lipinski definition) is 2. The molecule has 2 amide bonds. The molecular weight excluding hydrogens is 308 g/mol. The maximum absolute atomic E-state index is 11.7. The molecule has 0 aliphatic rings. The average Bonchev–Trinajstić information content (AvgIpc) is 2.93. The number of rotatable bonds is 5. The molecule has 2 rings (SSSR count). The van der Waals surface area contributed by atoms with E-state index in [9.17, 15) is 9.59 Å². The van der Waals surface area contributed by atoms with Crippen LogP contribution in [0, 0.1) is 20.8 Å². The molecule has 0 unspecified atom stereocenters. The second-order valence-electron chi connectivity index (χ2n) is 5.43. The van der Waals surface area contributed by atoms with Gasteiger partial charge in [0.05, 0.1) is 0 Å². The minimum atomic E-state index is -0.469. The summed E-state index contributed by atoms with van der Waals surface area (Å²) in [6.45, 7) is 5.53. The Bertz CT molecular complexity index is 742. The van der Waals surface area contributed by atoms with Gasteiger partial charge in [-0.1, -0.05) is 6.07 Å². The molecule has 0 spiro atoms. The first-order valence-electron chi connectivity index (χ1n) is 7.47. The highest BCUT2D eigenvalue weighted by Crippen LogP contribution is 2.15. The molecule has 0 bridgehead atoms. The highest BCUT2D eigenvalue weighted by atomic mass is 16.5. The summed E-state index contributed by atoms with van der Waals surface area (Å²) in [6, 6.07) is 9.24. The summed E-state index contributed by atoms with van der Waals surface area (Å²) < 4.78 is 10.7. The van der Waals surface area contributed by atoms with E-state index in [1.54, 1.807) is 12.1 Å². The molecule has 24 heavy (non-hydrogen) atoms. The highest BCUT2D eigenvalue weighted by Gasteiger charge is 2.05. The van der Waals surface area contributed by atoms with Gasteiger partial charge in [-0.2, -0.15) is 0 Å². The number of ether oxygens (including phenoxy) is 1. The van der Waals surface area contributed by atoms with Gasteiger partial charge in [0.15, 0.2) is 6.61 Å². The molecule has 0 fully saturated rings. The van der Waals surface area contributed by atoms with Crippen LogP contribution in [0.1, 0.15) is 22.6 Å². The second-order valence-corrected chi connectivity index (χ2v) is 5.43. The van der Waals surface area contributed by atoms with Gasteiger partial charge in [0.1, 0.15) is 17.3 Å². The van der Waals surface area contributed by atoms with Gasteiger partial charge in [0, 0.05) is 6.08 Å². The normalized spacial score (nSPS) is 10.6. The molecule has 1 aromatic heterocycles. The van der Waals surface area contributed by atoms with Gasteiger partial charge in [-0.3, -0.25) is 20.4 Å². The first-order valence-corrected chi connectivity index (χ1v) is 7.47. The largest absolute Gasteiger partial charge is 0.484 e. The Morgan fingerprint density at radius 3 is 2.42 bits per heavy atom. The quantitative estimate of drug-likeness (QED) is 0.652. The zero-order valence-corrected chi connectivity index (χ0v) is 13.9. The zero-order valence-electron chi connectivity index (χ0n) is 13.9. The van der Waals surface area contributed by atoms with Crippen LogP contribution in [-0.4, -0.2) is 18.4 Å². The van der Waals surface area contributed by atoms with Crippen LogP contribution in [0.5, 0.6) is 5.75 Å². The third-order valence-corrected chi connectivity index (χ3v) is 3.05. The predicted octanol–water partition coefficient (Wildman–Crippen LogP) is 2.44. The summed E-state index contributed by atoms with van der Waals surface area (Å²) in [7, 11) is 0. The lowest BCUT2D eigenvalue weighted by molar-refractivity contribution is -0.128. The SMILES string of the molecule is Cc1cc(C)cc(OCC(=O)NNC(=O)/C=C/c2ccc(C)o2)c1. The number of hydrogen-bond acceptors (Lipinski definition) is 4. The summed E-state index contributed by atoms with van der Waals surface area (Å²) >= 11 is 0. The summed E-state index contributed by atoms with van der Waals surface area (Å²) in [5.74, 6) is 1.01. The smallest absolute Gasteiger partial charge is 0.276 e. The number of carbonyl (C=O) groups excluding carboxylic acids is 2. The van der Waals surface area contributed by atoms with Crippen molar-refractivity contribution in [3.63, 3.8) is 0 Å². The van der Waals surface area contributed by atoms with Crippen molar-refractivity contribution in [1.82, 2.24) is 10.9 Å². The summed E-state index contributed by atoms with van der Waals surface area (Å²) in [4.78, 5) is 23.3. The average molecular weight is 328 g/mol. The van der Waals surface area contributed by atoms with Crippen LogP contribution in [-0.2, 0) is 9.59 Å². The number of furan rings is 1. The fourth-order valence-corrected chi connectivity index (χ4v) is 2.07. The number of nitrogens with one attached hydrogen (secondary N) is 2. The van der Waals surface area contributed by atoms with Gasteiger partial charge >= 0.3 is 0 Å². The zero-order chi connectivity index (χ0) is 17.5. The molecular formula is C18H20N2O4. The standard InChI is InChI=1S/C18H20N2O4/c1-12-8-13(2)10-16(9-12)23-11-18(22)20-19-17(21)7-6-15-5-4-14(3)24-15/h4-10H,11H2,1-3H3,(H,19,21)(H,20,22)/b7-6+. The van der Waals surface area contributed by atoms with Gasteiger partial charge in [-0.05, 0) is 62.2 Å². The summed E-state index contributed by atoms with van der Waals surface area (Å²) in [5.41, 5.74) is 6.66. The Balaban J connectivity index is 1.74. The lowest BCUT2D eigenvalue weighted by Crippen LogP contribution is -2.43. The third-order valence-electron chi connectivity index (χ3n) is 3.05. The van der Waals surface area contributed by atoms with Gasteiger partial charge in [-0.25, -0.2) is 0 Å². The van der Waals surface area contributed by atoms with E-state index in [1.165, 1.54) is 12.2 Å². The molecule has 6 heteroatoms. The van der Waals surface area contributed by atoms with Crippen LogP contribution in [0.25, 0.3) is 6.08 Å². The van der Waals surface area contributed by atoms with Crippen LogP contribution >= 0.6 is 0 Å². The van der Waals surface area contributed by atoms with Crippen molar-refractivity contribution in [2.45, 2.75) is 20.8 Å². The van der Waals surface area contributed by atoms with E-state index >= 15 is 0 Å². The molecule has 6 nitrogen and oxygen atoms in total. The topological polar surface area (TPSA) is 80.6 Å². The van der Waals surface area contributed by atoms with Crippen molar-refractivity contribution in [1.29, 1.82) is 0 Å². The Morgan fingerprint density at radius 2 is 1.79 bits per heavy atom. The molecule has 1 aromatic carbocycles. The van der Waals surface area contributed by atoms with E-state index in [4.69, 9.17) is 9.15 Å². The van der Waals surface area contributed by atoms with Crippen LogP contribution in [0.2, 0.25) is 0 Å². The van der Waals surface area contributed by atoms with E-state index in [0.717, 1.165) is 16.9 Å². The lowest BCUT2D eigenvalue weighted by atomic mass is 10.1. The molecule has 0 aliphatic carbocycles. The molecule has 2 N–H and O–H groups in total. The van der Waals surface area contributed by atoms with E-state index in [0.29, 0.717) is 11.5 Å². The summed E-state index contributed by atoms with van der Waals surface area (Å²) in [5, 5.41) is 0. The monoisotopic (exact) mass is 328 g/mol. The van der Waals surface area contributed by atoms with Crippen molar-refractivity contribution in [2.75, 3.05) is 6.61 Å². The van der Waals surface area contributed by atoms with Crippen molar-refractivity contribution in [3.05, 3.63) is 59.1 Å². The van der Waals surface area contributed by atoms with Crippen LogP contribution < -0.4 is 15.6 Å². The van der Waals surface area contributed by atoms with Crippen molar-refractivity contribution in [2.24, 2.45) is 0 Å². The number of carbonyl (C=O) groups is 2. The van der Waals surface area contributed by atoms with Crippen molar-refractivity contribution < 1.29 is 18.7 Å². The maximum atomic E-state index is 11.7. The first-order chi connectivity index (χ1) is 11.4. The lowest BCUT2D eigenvalue weighted by Gasteiger charge is -2.09. The van der Waals surface area contributed by atoms with E-state index in [-0.39, 0.29) is 6.61 Å². The van der Waals surface area contributed by atoms with Gasteiger partial charge < -0.3 is 9.15 Å². The number of hydrazine groups is 1. The maximum Gasteiger partial charge on any atom is 0.276 e. The van der Waals surface area contributed by atoms with Crippen LogP contribution in [0.3, 0.4) is 0 Å². The van der Waals surface area contributed by atoms with Crippen LogP contribution in [0.15, 0.2) is 40.8 Å². The molecule has 0 saturated heterocycles. The molecule has 2 aromatic rings. The molecule has 0 saturated carbocycles. The van der Waals surface area contributed by atoms with E-state index < -0.39 is 11.8 Å². The highest BCUT2D eigenvalue weighted by molar-refractivity contribution is 5.92. The number of amides is 2. The van der Waals surface area contributed by atoms with Crippen molar-refractivity contribution in [3.8, 4) is 5.75 Å². The molecule has 0 aliphatic heterocycles. The molecule has 1 heterocycles. The minimum absolute atomic E-state index is 0.190. The molecule has 0 radical (unpaired) electrons. The van der Waals surface area contributed by atoms with Crippen LogP contribution in [0.4, 0.5) is 0 Å². The van der Waals surface area contributed by atoms with Crippen molar-refractivity contribution >= 4 is 17.9 Å². The Kier molecular flexibility index (Phi) is 5.78. The third kappa shape index (κ3) is 5.64. The Hall–Kier alpha value is -3.02. The van der Waals surface area contributed by atoms with E-state index in [2.05, 4.69) is 10.9 Å². The minimum Gasteiger partial charge on any atom is -0.484 e. The fourth-order valence-electron chi connectivity index (χ4n) is 2.07. The molecule has 0 atom stereocenters. The Morgan fingerprint density at radius 1 is 1.08 bits per heavy atom. The second kappa shape index (κ2) is 8.01. The summed E-state index contributed by atoms with van der Waals surface area (Å²) in [6.07, 6.45) is 2.78. The number of benzene rings is 1. The first kappa shape index (κ1) is 17.3. The van der Waals surface area contributed by atoms with E-state index in [1.807, 2.05) is 39.0 Å². The fraction of sp³-hybridized carbons (Fsp3) is 0.222. The molecule has 126 valence electrons. The van der Waals surface area contributed by atoms with Gasteiger partial charge in [0.25, 0.3) is 11.8 Å². The van der Waals surface area contributed by atoms with Gasteiger partial charge in [0.2, 0.25) is 0 Å². The Labute approximate surface area is 140 Å². The van der Waals surface area contributed by atoms with Gasteiger partial charge in [-0.15, -0.1) is 0 Å². The number of aryl methyl sites for hydroxylation is 3. The predicted molar refractivity (Wildman–Crippen MR) is 90.2 cm³/mol.